The highest BCUT2D eigenvalue weighted by Crippen LogP contribution is 2.15. The number of likely N-dealkylation sites (N-methyl/N-ethyl adjacent to an activating group) is 1. The number of carbonyl (C=O) groups is 2. The zero-order valence-electron chi connectivity index (χ0n) is 14.7. The van der Waals surface area contributed by atoms with Crippen LogP contribution in [0.5, 0.6) is 0 Å². The number of rotatable bonds is 5. The van der Waals surface area contributed by atoms with Gasteiger partial charge in [0.05, 0.1) is 6.54 Å². The first-order chi connectivity index (χ1) is 12.5. The maximum atomic E-state index is 12.6. The van der Waals surface area contributed by atoms with Crippen LogP contribution in [0, 0.1) is 0 Å². The van der Waals surface area contributed by atoms with Crippen LogP contribution in [0.1, 0.15) is 20.7 Å². The third-order valence-electron chi connectivity index (χ3n) is 4.51. The number of carbonyl (C=O) groups excluding carboxylic acids is 2. The molecule has 0 saturated carbocycles. The van der Waals surface area contributed by atoms with E-state index in [1.165, 1.54) is 0 Å². The van der Waals surface area contributed by atoms with Gasteiger partial charge in [0.15, 0.2) is 5.78 Å². The van der Waals surface area contributed by atoms with E-state index < -0.39 is 0 Å². The minimum absolute atomic E-state index is 0.0668. The number of hydrogen-bond donors (Lipinski definition) is 1. The van der Waals surface area contributed by atoms with Gasteiger partial charge >= 0.3 is 0 Å². The van der Waals surface area contributed by atoms with E-state index in [1.807, 2.05) is 0 Å². The summed E-state index contributed by atoms with van der Waals surface area (Å²) in [5.41, 5.74) is 1.73. The summed E-state index contributed by atoms with van der Waals surface area (Å²) in [7, 11) is 2.09. The monoisotopic (exact) mass is 371 g/mol. The average molecular weight is 372 g/mol. The summed E-state index contributed by atoms with van der Waals surface area (Å²) in [6.45, 7) is 4.15. The molecule has 1 saturated heterocycles. The molecule has 1 fully saturated rings. The number of halogens is 1. The summed E-state index contributed by atoms with van der Waals surface area (Å²) < 4.78 is 0. The van der Waals surface area contributed by atoms with Crippen molar-refractivity contribution in [3.05, 3.63) is 64.7 Å². The van der Waals surface area contributed by atoms with Gasteiger partial charge < -0.3 is 10.2 Å². The summed E-state index contributed by atoms with van der Waals surface area (Å²) in [6, 6.07) is 13.8. The number of piperazine rings is 1. The van der Waals surface area contributed by atoms with E-state index in [9.17, 15) is 9.59 Å². The molecule has 1 heterocycles. The van der Waals surface area contributed by atoms with Crippen molar-refractivity contribution in [1.82, 2.24) is 9.80 Å². The predicted molar refractivity (Wildman–Crippen MR) is 104 cm³/mol. The first-order valence-electron chi connectivity index (χ1n) is 8.62. The van der Waals surface area contributed by atoms with E-state index in [1.54, 1.807) is 48.5 Å². The smallest absolute Gasteiger partial charge is 0.255 e. The van der Waals surface area contributed by atoms with Crippen molar-refractivity contribution in [2.75, 3.05) is 45.1 Å². The van der Waals surface area contributed by atoms with Crippen LogP contribution < -0.4 is 5.32 Å². The molecule has 6 heteroatoms. The average Bonchev–Trinajstić information content (AvgIpc) is 2.64. The molecule has 0 aliphatic carbocycles. The zero-order valence-corrected chi connectivity index (χ0v) is 15.5. The Morgan fingerprint density at radius 3 is 2.38 bits per heavy atom. The number of nitrogens with one attached hydrogen (secondary N) is 1. The Morgan fingerprint density at radius 2 is 1.69 bits per heavy atom. The van der Waals surface area contributed by atoms with E-state index >= 15 is 0 Å². The lowest BCUT2D eigenvalue weighted by Gasteiger charge is -2.31. The molecule has 1 amide bonds. The number of ketones is 1. The summed E-state index contributed by atoms with van der Waals surface area (Å²) >= 11 is 5.84. The highest BCUT2D eigenvalue weighted by Gasteiger charge is 2.17. The minimum Gasteiger partial charge on any atom is -0.322 e. The molecule has 5 nitrogen and oxygen atoms in total. The fourth-order valence-electron chi connectivity index (χ4n) is 2.88. The summed E-state index contributed by atoms with van der Waals surface area (Å²) in [4.78, 5) is 29.3. The molecule has 1 N–H and O–H groups in total. The molecule has 136 valence electrons. The van der Waals surface area contributed by atoms with Gasteiger partial charge in [0.2, 0.25) is 0 Å². The van der Waals surface area contributed by atoms with Crippen molar-refractivity contribution in [1.29, 1.82) is 0 Å². The van der Waals surface area contributed by atoms with Crippen LogP contribution in [0.4, 0.5) is 5.69 Å². The molecular formula is C20H22ClN3O2. The molecule has 0 unspecified atom stereocenters. The van der Waals surface area contributed by atoms with Gasteiger partial charge in [-0.3, -0.25) is 14.5 Å². The van der Waals surface area contributed by atoms with E-state index in [2.05, 4.69) is 22.2 Å². The largest absolute Gasteiger partial charge is 0.322 e. The van der Waals surface area contributed by atoms with E-state index in [4.69, 9.17) is 11.6 Å². The SMILES string of the molecule is CN1CCN(CC(=O)c2cccc(NC(=O)c3ccc(Cl)cc3)c2)CC1. The van der Waals surface area contributed by atoms with Gasteiger partial charge in [-0.15, -0.1) is 0 Å². The van der Waals surface area contributed by atoms with Crippen molar-refractivity contribution in [2.24, 2.45) is 0 Å². The number of benzene rings is 2. The van der Waals surface area contributed by atoms with Gasteiger partial charge in [-0.1, -0.05) is 23.7 Å². The number of nitrogens with zero attached hydrogens (tertiary/aromatic N) is 2. The van der Waals surface area contributed by atoms with Gasteiger partial charge in [0.1, 0.15) is 0 Å². The topological polar surface area (TPSA) is 52.6 Å². The van der Waals surface area contributed by atoms with Crippen molar-refractivity contribution in [3.8, 4) is 0 Å². The lowest BCUT2D eigenvalue weighted by atomic mass is 10.1. The standard InChI is InChI=1S/C20H22ClN3O2/c1-23-9-11-24(12-10-23)14-19(25)16-3-2-4-18(13-16)22-20(26)15-5-7-17(21)8-6-15/h2-8,13H,9-12,14H2,1H3,(H,22,26). The Bertz CT molecular complexity index is 784. The molecule has 0 aromatic heterocycles. The molecule has 0 atom stereocenters. The number of anilines is 1. The third-order valence-corrected chi connectivity index (χ3v) is 4.76. The van der Waals surface area contributed by atoms with Crippen LogP contribution in [0.2, 0.25) is 5.02 Å². The zero-order chi connectivity index (χ0) is 18.5. The Labute approximate surface area is 158 Å². The Morgan fingerprint density at radius 1 is 1.00 bits per heavy atom. The van der Waals surface area contributed by atoms with Crippen LogP contribution >= 0.6 is 11.6 Å². The fraction of sp³-hybridized carbons (Fsp3) is 0.300. The van der Waals surface area contributed by atoms with Crippen LogP contribution in [0.25, 0.3) is 0 Å². The van der Waals surface area contributed by atoms with E-state index in [0.717, 1.165) is 26.2 Å². The van der Waals surface area contributed by atoms with Crippen molar-refractivity contribution in [3.63, 3.8) is 0 Å². The molecular weight excluding hydrogens is 350 g/mol. The summed E-state index contributed by atoms with van der Waals surface area (Å²) in [5, 5.41) is 3.41. The first-order valence-corrected chi connectivity index (χ1v) is 9.00. The maximum absolute atomic E-state index is 12.6. The van der Waals surface area contributed by atoms with Crippen LogP contribution in [-0.4, -0.2) is 61.3 Å². The van der Waals surface area contributed by atoms with E-state index in [0.29, 0.717) is 28.4 Å². The minimum atomic E-state index is -0.231. The van der Waals surface area contributed by atoms with Crippen molar-refractivity contribution < 1.29 is 9.59 Å². The second-order valence-electron chi connectivity index (χ2n) is 6.54. The van der Waals surface area contributed by atoms with Crippen LogP contribution in [0.3, 0.4) is 0 Å². The van der Waals surface area contributed by atoms with Crippen molar-refractivity contribution >= 4 is 29.0 Å². The molecule has 1 aliphatic rings. The normalized spacial score (nSPS) is 15.6. The molecule has 1 aliphatic heterocycles. The summed E-state index contributed by atoms with van der Waals surface area (Å²) in [6.07, 6.45) is 0. The van der Waals surface area contributed by atoms with Crippen LogP contribution in [-0.2, 0) is 0 Å². The Kier molecular flexibility index (Phi) is 6.04. The number of Topliss-reactive ketones (excluding diaryl/α,β-unsaturated/α-hetero) is 1. The van der Waals surface area contributed by atoms with Gasteiger partial charge in [0, 0.05) is 48.0 Å². The highest BCUT2D eigenvalue weighted by molar-refractivity contribution is 6.30. The highest BCUT2D eigenvalue weighted by atomic mass is 35.5. The lowest BCUT2D eigenvalue weighted by molar-refractivity contribution is 0.0876. The predicted octanol–water partition coefficient (Wildman–Crippen LogP) is 3.02. The second kappa shape index (κ2) is 8.45. The van der Waals surface area contributed by atoms with Crippen LogP contribution in [0.15, 0.2) is 48.5 Å². The second-order valence-corrected chi connectivity index (χ2v) is 6.98. The number of hydrogen-bond acceptors (Lipinski definition) is 4. The molecule has 0 radical (unpaired) electrons. The molecule has 2 aromatic carbocycles. The lowest BCUT2D eigenvalue weighted by Crippen LogP contribution is -2.46. The molecule has 2 aromatic rings. The summed E-state index contributed by atoms with van der Waals surface area (Å²) in [5.74, 6) is -0.164. The van der Waals surface area contributed by atoms with E-state index in [-0.39, 0.29) is 11.7 Å². The quantitative estimate of drug-likeness (QED) is 0.821. The first kappa shape index (κ1) is 18.6. The molecule has 0 bridgehead atoms. The maximum Gasteiger partial charge on any atom is 0.255 e. The fourth-order valence-corrected chi connectivity index (χ4v) is 3.00. The number of amides is 1. The Balaban J connectivity index is 1.63. The van der Waals surface area contributed by atoms with Crippen molar-refractivity contribution in [2.45, 2.75) is 0 Å². The molecule has 26 heavy (non-hydrogen) atoms. The van der Waals surface area contributed by atoms with Gasteiger partial charge in [-0.05, 0) is 43.4 Å². The van der Waals surface area contributed by atoms with Gasteiger partial charge in [-0.2, -0.15) is 0 Å². The van der Waals surface area contributed by atoms with Gasteiger partial charge in [0.25, 0.3) is 5.91 Å². The molecule has 3 rings (SSSR count). The molecule has 0 spiro atoms. The third kappa shape index (κ3) is 4.91. The Hall–Kier alpha value is -2.21. The van der Waals surface area contributed by atoms with Gasteiger partial charge in [-0.25, -0.2) is 0 Å².